The topological polar surface area (TPSA) is 42.0 Å². The molecule has 1 N–H and O–H groups in total. The van der Waals surface area contributed by atoms with E-state index in [1.165, 1.54) is 0 Å². The Hall–Kier alpha value is -1.38. The number of aromatic nitrogens is 1. The Balaban J connectivity index is 2.41. The van der Waals surface area contributed by atoms with Crippen LogP contribution in [0.2, 0.25) is 0 Å². The number of hydrogen-bond acceptors (Lipinski definition) is 2. The maximum Gasteiger partial charge on any atom is 0.224 e. The summed E-state index contributed by atoms with van der Waals surface area (Å²) in [6.07, 6.45) is 3.87. The zero-order valence-electron chi connectivity index (χ0n) is 11.8. The molecule has 1 rings (SSSR count). The maximum absolute atomic E-state index is 11.8. The zero-order chi connectivity index (χ0) is 13.5. The molecule has 3 nitrogen and oxygen atoms in total. The van der Waals surface area contributed by atoms with Crippen molar-refractivity contribution in [2.45, 2.75) is 34.1 Å². The third-order valence-corrected chi connectivity index (χ3v) is 3.34. The van der Waals surface area contributed by atoms with Crippen molar-refractivity contribution < 1.29 is 4.79 Å². The fourth-order valence-corrected chi connectivity index (χ4v) is 2.22. The van der Waals surface area contributed by atoms with E-state index >= 15 is 0 Å². The van der Waals surface area contributed by atoms with Crippen molar-refractivity contribution >= 4 is 5.91 Å². The highest BCUT2D eigenvalue weighted by molar-refractivity contribution is 5.78. The van der Waals surface area contributed by atoms with Crippen molar-refractivity contribution in [1.29, 1.82) is 0 Å². The molecule has 0 radical (unpaired) electrons. The van der Waals surface area contributed by atoms with Gasteiger partial charge < -0.3 is 5.32 Å². The Morgan fingerprint density at radius 1 is 1.28 bits per heavy atom. The van der Waals surface area contributed by atoms with E-state index in [4.69, 9.17) is 0 Å². The molecule has 1 aromatic heterocycles. The van der Waals surface area contributed by atoms with E-state index in [-0.39, 0.29) is 5.91 Å². The van der Waals surface area contributed by atoms with Crippen LogP contribution in [0.25, 0.3) is 0 Å². The number of nitrogens with one attached hydrogen (secondary N) is 1. The summed E-state index contributed by atoms with van der Waals surface area (Å²) in [6.45, 7) is 9.58. The predicted octanol–water partition coefficient (Wildman–Crippen LogP) is 2.67. The average Bonchev–Trinajstić information content (AvgIpc) is 2.29. The van der Waals surface area contributed by atoms with Crippen molar-refractivity contribution in [3.63, 3.8) is 0 Å². The van der Waals surface area contributed by atoms with Gasteiger partial charge in [0.25, 0.3) is 0 Å². The summed E-state index contributed by atoms with van der Waals surface area (Å²) in [5, 5.41) is 3.03. The van der Waals surface area contributed by atoms with Gasteiger partial charge in [-0.3, -0.25) is 9.78 Å². The lowest BCUT2D eigenvalue weighted by molar-refractivity contribution is -0.120. The largest absolute Gasteiger partial charge is 0.356 e. The van der Waals surface area contributed by atoms with E-state index in [0.717, 1.165) is 12.1 Å². The van der Waals surface area contributed by atoms with Gasteiger partial charge in [0.15, 0.2) is 0 Å². The van der Waals surface area contributed by atoms with Crippen molar-refractivity contribution in [3.8, 4) is 0 Å². The summed E-state index contributed by atoms with van der Waals surface area (Å²) in [4.78, 5) is 15.8. The lowest BCUT2D eigenvalue weighted by Crippen LogP contribution is -2.34. The normalized spacial score (nSPS) is 11.3. The van der Waals surface area contributed by atoms with Crippen molar-refractivity contribution in [2.75, 3.05) is 6.54 Å². The first-order valence-corrected chi connectivity index (χ1v) is 6.66. The van der Waals surface area contributed by atoms with Crippen LogP contribution in [-0.2, 0) is 11.2 Å². The molecule has 0 unspecified atom stereocenters. The average molecular weight is 248 g/mol. The van der Waals surface area contributed by atoms with E-state index in [1.807, 2.05) is 12.1 Å². The molecule has 18 heavy (non-hydrogen) atoms. The lowest BCUT2D eigenvalue weighted by Gasteiger charge is -2.25. The van der Waals surface area contributed by atoms with Crippen LogP contribution in [0.4, 0.5) is 0 Å². The number of hydrogen-bond donors (Lipinski definition) is 1. The predicted molar refractivity (Wildman–Crippen MR) is 74.1 cm³/mol. The minimum Gasteiger partial charge on any atom is -0.356 e. The molecule has 1 aromatic rings. The highest BCUT2D eigenvalue weighted by Crippen LogP contribution is 2.19. The Morgan fingerprint density at radius 3 is 2.44 bits per heavy atom. The molecule has 0 atom stereocenters. The summed E-state index contributed by atoms with van der Waals surface area (Å²) in [6, 6.07) is 3.78. The van der Waals surface area contributed by atoms with E-state index in [1.54, 1.807) is 12.4 Å². The van der Waals surface area contributed by atoms with E-state index in [2.05, 4.69) is 38.0 Å². The van der Waals surface area contributed by atoms with Gasteiger partial charge in [-0.05, 0) is 29.4 Å². The summed E-state index contributed by atoms with van der Waals surface area (Å²) in [5.41, 5.74) is 0.959. The Labute approximate surface area is 110 Å². The molecule has 0 saturated heterocycles. The van der Waals surface area contributed by atoms with Crippen LogP contribution < -0.4 is 5.32 Å². The zero-order valence-corrected chi connectivity index (χ0v) is 11.8. The second-order valence-electron chi connectivity index (χ2n) is 5.49. The summed E-state index contributed by atoms with van der Waals surface area (Å²) >= 11 is 0. The fraction of sp³-hybridized carbons (Fsp3) is 0.600. The van der Waals surface area contributed by atoms with Crippen molar-refractivity contribution in [2.24, 2.45) is 17.8 Å². The van der Waals surface area contributed by atoms with E-state index < -0.39 is 0 Å². The minimum atomic E-state index is 0.0781. The SMILES string of the molecule is CC(C)C(CNC(=O)Cc1cccnc1)C(C)C. The number of carbonyl (C=O) groups excluding carboxylic acids is 1. The van der Waals surface area contributed by atoms with Crippen LogP contribution in [0, 0.1) is 17.8 Å². The van der Waals surface area contributed by atoms with Crippen LogP contribution in [0.5, 0.6) is 0 Å². The minimum absolute atomic E-state index is 0.0781. The number of carbonyl (C=O) groups is 1. The summed E-state index contributed by atoms with van der Waals surface area (Å²) in [5.74, 6) is 1.78. The third kappa shape index (κ3) is 4.86. The van der Waals surface area contributed by atoms with Gasteiger partial charge in [-0.1, -0.05) is 33.8 Å². The highest BCUT2D eigenvalue weighted by atomic mass is 16.1. The lowest BCUT2D eigenvalue weighted by atomic mass is 9.85. The number of rotatable bonds is 6. The molecular weight excluding hydrogens is 224 g/mol. The molecule has 100 valence electrons. The molecule has 0 bridgehead atoms. The highest BCUT2D eigenvalue weighted by Gasteiger charge is 2.18. The summed E-state index contributed by atoms with van der Waals surface area (Å²) in [7, 11) is 0. The summed E-state index contributed by atoms with van der Waals surface area (Å²) < 4.78 is 0. The molecule has 0 spiro atoms. The second-order valence-corrected chi connectivity index (χ2v) is 5.49. The van der Waals surface area contributed by atoms with Gasteiger partial charge in [0.2, 0.25) is 5.91 Å². The van der Waals surface area contributed by atoms with Crippen LogP contribution in [0.3, 0.4) is 0 Å². The van der Waals surface area contributed by atoms with Crippen LogP contribution in [0.15, 0.2) is 24.5 Å². The van der Waals surface area contributed by atoms with E-state index in [0.29, 0.717) is 24.2 Å². The van der Waals surface area contributed by atoms with Gasteiger partial charge in [0, 0.05) is 18.9 Å². The number of amides is 1. The first-order valence-electron chi connectivity index (χ1n) is 6.66. The van der Waals surface area contributed by atoms with Gasteiger partial charge in [-0.2, -0.15) is 0 Å². The first-order chi connectivity index (χ1) is 8.50. The Morgan fingerprint density at radius 2 is 1.94 bits per heavy atom. The van der Waals surface area contributed by atoms with Gasteiger partial charge in [0.1, 0.15) is 0 Å². The van der Waals surface area contributed by atoms with E-state index in [9.17, 15) is 4.79 Å². The molecule has 1 heterocycles. The molecular formula is C15H24N2O. The molecule has 3 heteroatoms. The molecule has 0 aliphatic heterocycles. The molecule has 0 fully saturated rings. The van der Waals surface area contributed by atoms with Gasteiger partial charge in [-0.15, -0.1) is 0 Å². The van der Waals surface area contributed by atoms with Crippen LogP contribution >= 0.6 is 0 Å². The van der Waals surface area contributed by atoms with Gasteiger partial charge >= 0.3 is 0 Å². The monoisotopic (exact) mass is 248 g/mol. The van der Waals surface area contributed by atoms with Crippen molar-refractivity contribution in [3.05, 3.63) is 30.1 Å². The number of pyridine rings is 1. The molecule has 0 aliphatic rings. The quantitative estimate of drug-likeness (QED) is 0.841. The van der Waals surface area contributed by atoms with Gasteiger partial charge in [-0.25, -0.2) is 0 Å². The first kappa shape index (κ1) is 14.7. The second kappa shape index (κ2) is 7.14. The molecule has 1 amide bonds. The van der Waals surface area contributed by atoms with Crippen LogP contribution in [-0.4, -0.2) is 17.4 Å². The van der Waals surface area contributed by atoms with Crippen LogP contribution in [0.1, 0.15) is 33.3 Å². The Kier molecular flexibility index (Phi) is 5.83. The maximum atomic E-state index is 11.8. The number of nitrogens with zero attached hydrogens (tertiary/aromatic N) is 1. The smallest absolute Gasteiger partial charge is 0.224 e. The molecule has 0 aromatic carbocycles. The molecule has 0 aliphatic carbocycles. The molecule has 0 saturated carbocycles. The third-order valence-electron chi connectivity index (χ3n) is 3.34. The Bertz CT molecular complexity index is 352. The van der Waals surface area contributed by atoms with Gasteiger partial charge in [0.05, 0.1) is 6.42 Å². The fourth-order valence-electron chi connectivity index (χ4n) is 2.22. The standard InChI is InChI=1S/C15H24N2O/c1-11(2)14(12(3)4)10-17-15(18)8-13-6-5-7-16-9-13/h5-7,9,11-12,14H,8,10H2,1-4H3,(H,17,18). The van der Waals surface area contributed by atoms with Crippen molar-refractivity contribution in [1.82, 2.24) is 10.3 Å².